The summed E-state index contributed by atoms with van der Waals surface area (Å²) < 4.78 is 67.3. The van der Waals surface area contributed by atoms with E-state index in [0.717, 1.165) is 28.2 Å². The monoisotopic (exact) mass is 478 g/mol. The van der Waals surface area contributed by atoms with Crippen molar-refractivity contribution >= 4 is 21.6 Å². The van der Waals surface area contributed by atoms with Crippen LogP contribution < -0.4 is 5.32 Å². The summed E-state index contributed by atoms with van der Waals surface area (Å²) >= 11 is 0. The zero-order valence-corrected chi connectivity index (χ0v) is 18.2. The number of carbonyl (C=O) groups is 1. The van der Waals surface area contributed by atoms with Crippen LogP contribution >= 0.6 is 0 Å². The largest absolute Gasteiger partial charge is 0.416 e. The standard InChI is InChI=1S/C22H21F3N4O3S/c23-22(24,25)17-4-1-7-20(14-17)33(31,32)28-12-8-16(9-13-28)21(30)27-18-5-2-6-19(15-18)29-11-3-10-26-29/h1-7,10-11,14-16H,8-9,12-13H2,(H,27,30). The minimum atomic E-state index is -4.63. The molecule has 0 bridgehead atoms. The Hall–Kier alpha value is -3.18. The lowest BCUT2D eigenvalue weighted by Gasteiger charge is -2.30. The highest BCUT2D eigenvalue weighted by Gasteiger charge is 2.35. The van der Waals surface area contributed by atoms with Gasteiger partial charge in [0.1, 0.15) is 0 Å². The van der Waals surface area contributed by atoms with Gasteiger partial charge < -0.3 is 5.32 Å². The molecule has 11 heteroatoms. The lowest BCUT2D eigenvalue weighted by atomic mass is 9.97. The average molecular weight is 478 g/mol. The maximum atomic E-state index is 13.0. The van der Waals surface area contributed by atoms with Crippen molar-refractivity contribution in [3.05, 3.63) is 72.6 Å². The number of hydrogen-bond donors (Lipinski definition) is 1. The average Bonchev–Trinajstić information content (AvgIpc) is 3.34. The Balaban J connectivity index is 1.40. The van der Waals surface area contributed by atoms with Gasteiger partial charge in [-0.1, -0.05) is 12.1 Å². The van der Waals surface area contributed by atoms with Crippen LogP contribution in [0, 0.1) is 5.92 Å². The summed E-state index contributed by atoms with van der Waals surface area (Å²) in [6.07, 6.45) is -0.676. The quantitative estimate of drug-likeness (QED) is 0.602. The molecule has 0 aliphatic carbocycles. The summed E-state index contributed by atoms with van der Waals surface area (Å²) in [4.78, 5) is 12.3. The van der Waals surface area contributed by atoms with E-state index in [-0.39, 0.29) is 31.8 Å². The van der Waals surface area contributed by atoms with Crippen molar-refractivity contribution in [1.29, 1.82) is 0 Å². The number of aromatic nitrogens is 2. The molecule has 1 aliphatic heterocycles. The van der Waals surface area contributed by atoms with Gasteiger partial charge in [0, 0.05) is 37.1 Å². The number of sulfonamides is 1. The van der Waals surface area contributed by atoms with E-state index in [1.54, 1.807) is 41.3 Å². The Labute approximate surface area is 188 Å². The molecule has 0 atom stereocenters. The SMILES string of the molecule is O=C(Nc1cccc(-n2cccn2)c1)C1CCN(S(=O)(=O)c2cccc(C(F)(F)F)c2)CC1. The lowest BCUT2D eigenvalue weighted by molar-refractivity contribution is -0.137. The van der Waals surface area contributed by atoms with E-state index < -0.39 is 32.6 Å². The summed E-state index contributed by atoms with van der Waals surface area (Å²) in [6.45, 7) is 0.0913. The van der Waals surface area contributed by atoms with Crippen LogP contribution in [0.4, 0.5) is 18.9 Å². The lowest BCUT2D eigenvalue weighted by Crippen LogP contribution is -2.41. The highest BCUT2D eigenvalue weighted by atomic mass is 32.2. The van der Waals surface area contributed by atoms with Gasteiger partial charge in [0.15, 0.2) is 0 Å². The van der Waals surface area contributed by atoms with Gasteiger partial charge in [-0.3, -0.25) is 4.79 Å². The normalized spacial score (nSPS) is 16.0. The molecule has 0 spiro atoms. The molecule has 1 saturated heterocycles. The van der Waals surface area contributed by atoms with Crippen LogP contribution in [-0.4, -0.2) is 41.5 Å². The number of rotatable bonds is 5. The predicted molar refractivity (Wildman–Crippen MR) is 115 cm³/mol. The van der Waals surface area contributed by atoms with Crippen LogP contribution in [0.15, 0.2) is 71.9 Å². The molecule has 0 saturated carbocycles. The number of nitrogens with one attached hydrogen (secondary N) is 1. The summed E-state index contributed by atoms with van der Waals surface area (Å²) in [5, 5.41) is 7.00. The zero-order chi connectivity index (χ0) is 23.6. The minimum absolute atomic E-state index is 0.0456. The molecule has 1 aliphatic rings. The van der Waals surface area contributed by atoms with Crippen molar-refractivity contribution in [2.45, 2.75) is 23.9 Å². The number of nitrogens with zero attached hydrogens (tertiary/aromatic N) is 3. The number of carbonyl (C=O) groups excluding carboxylic acids is 1. The fraction of sp³-hybridized carbons (Fsp3) is 0.273. The molecule has 4 rings (SSSR count). The fourth-order valence-corrected chi connectivity index (χ4v) is 5.25. The molecule has 1 aromatic heterocycles. The van der Waals surface area contributed by atoms with Crippen LogP contribution in [0.25, 0.3) is 5.69 Å². The second kappa shape index (κ2) is 8.99. The highest BCUT2D eigenvalue weighted by Crippen LogP contribution is 2.32. The molecule has 2 heterocycles. The summed E-state index contributed by atoms with van der Waals surface area (Å²) in [6, 6.07) is 12.6. The van der Waals surface area contributed by atoms with Gasteiger partial charge in [-0.25, -0.2) is 13.1 Å². The molecule has 1 fully saturated rings. The molecule has 0 radical (unpaired) electrons. The van der Waals surface area contributed by atoms with Crippen molar-refractivity contribution in [1.82, 2.24) is 14.1 Å². The molecule has 2 aromatic carbocycles. The minimum Gasteiger partial charge on any atom is -0.326 e. The van der Waals surface area contributed by atoms with Gasteiger partial charge in [-0.05, 0) is 55.3 Å². The first-order valence-corrected chi connectivity index (χ1v) is 11.7. The van der Waals surface area contributed by atoms with E-state index in [0.29, 0.717) is 11.8 Å². The van der Waals surface area contributed by atoms with Crippen molar-refractivity contribution in [3.63, 3.8) is 0 Å². The Kier molecular flexibility index (Phi) is 6.26. The van der Waals surface area contributed by atoms with Crippen LogP contribution in [0.3, 0.4) is 0 Å². The number of piperidine rings is 1. The molecule has 1 amide bonds. The van der Waals surface area contributed by atoms with Crippen LogP contribution in [0.1, 0.15) is 18.4 Å². The van der Waals surface area contributed by atoms with Crippen molar-refractivity contribution < 1.29 is 26.4 Å². The van der Waals surface area contributed by atoms with Crippen LogP contribution in [0.5, 0.6) is 0 Å². The smallest absolute Gasteiger partial charge is 0.326 e. The van der Waals surface area contributed by atoms with Crippen molar-refractivity contribution in [3.8, 4) is 5.69 Å². The number of halogens is 3. The molecular weight excluding hydrogens is 457 g/mol. The molecule has 0 unspecified atom stereocenters. The zero-order valence-electron chi connectivity index (χ0n) is 17.4. The first-order valence-electron chi connectivity index (χ1n) is 10.2. The molecule has 7 nitrogen and oxygen atoms in total. The first kappa shape index (κ1) is 23.0. The Morgan fingerprint density at radius 3 is 2.42 bits per heavy atom. The van der Waals surface area contributed by atoms with Gasteiger partial charge in [0.25, 0.3) is 0 Å². The number of amides is 1. The Morgan fingerprint density at radius 1 is 1.03 bits per heavy atom. The van der Waals surface area contributed by atoms with Gasteiger partial charge in [0.05, 0.1) is 16.1 Å². The maximum absolute atomic E-state index is 13.0. The van der Waals surface area contributed by atoms with Crippen LogP contribution in [0.2, 0.25) is 0 Å². The predicted octanol–water partition coefficient (Wildman–Crippen LogP) is 3.93. The second-order valence-corrected chi connectivity index (χ2v) is 9.63. The van der Waals surface area contributed by atoms with E-state index in [1.165, 1.54) is 0 Å². The molecule has 1 N–H and O–H groups in total. The molecule has 174 valence electrons. The Bertz CT molecular complexity index is 1240. The Morgan fingerprint density at radius 2 is 1.76 bits per heavy atom. The van der Waals surface area contributed by atoms with Gasteiger partial charge in [-0.2, -0.15) is 22.6 Å². The first-order chi connectivity index (χ1) is 15.6. The van der Waals surface area contributed by atoms with Gasteiger partial charge >= 0.3 is 6.18 Å². The number of anilines is 1. The number of benzene rings is 2. The second-order valence-electron chi connectivity index (χ2n) is 7.69. The van der Waals surface area contributed by atoms with E-state index in [4.69, 9.17) is 0 Å². The fourth-order valence-electron chi connectivity index (χ4n) is 3.73. The van der Waals surface area contributed by atoms with Crippen molar-refractivity contribution in [2.24, 2.45) is 5.92 Å². The van der Waals surface area contributed by atoms with Gasteiger partial charge in [-0.15, -0.1) is 0 Å². The third-order valence-corrected chi connectivity index (χ3v) is 7.40. The van der Waals surface area contributed by atoms with E-state index in [9.17, 15) is 26.4 Å². The van der Waals surface area contributed by atoms with E-state index >= 15 is 0 Å². The third-order valence-electron chi connectivity index (χ3n) is 5.51. The van der Waals surface area contributed by atoms with E-state index in [1.807, 2.05) is 6.07 Å². The molecule has 33 heavy (non-hydrogen) atoms. The summed E-state index contributed by atoms with van der Waals surface area (Å²) in [7, 11) is -4.09. The molecular formula is C22H21F3N4O3S. The summed E-state index contributed by atoms with van der Waals surface area (Å²) in [5.41, 5.74) is 0.349. The number of alkyl halides is 3. The summed E-state index contributed by atoms with van der Waals surface area (Å²) in [5.74, 6) is -0.643. The topological polar surface area (TPSA) is 84.3 Å². The van der Waals surface area contributed by atoms with E-state index in [2.05, 4.69) is 10.4 Å². The highest BCUT2D eigenvalue weighted by molar-refractivity contribution is 7.89. The number of hydrogen-bond acceptors (Lipinski definition) is 4. The van der Waals surface area contributed by atoms with Crippen LogP contribution in [-0.2, 0) is 21.0 Å². The maximum Gasteiger partial charge on any atom is 0.416 e. The van der Waals surface area contributed by atoms with Crippen molar-refractivity contribution in [2.75, 3.05) is 18.4 Å². The molecule has 3 aromatic rings. The third kappa shape index (κ3) is 5.09. The van der Waals surface area contributed by atoms with Gasteiger partial charge in [0.2, 0.25) is 15.9 Å².